The monoisotopic (exact) mass is 491 g/mol. The maximum absolute atomic E-state index is 5.42. The fourth-order valence-electron chi connectivity index (χ4n) is 4.46. The lowest BCUT2D eigenvalue weighted by molar-refractivity contribution is 0.317. The molecule has 0 fully saturated rings. The summed E-state index contributed by atoms with van der Waals surface area (Å²) in [6, 6.07) is 12.0. The van der Waals surface area contributed by atoms with Gasteiger partial charge in [-0.05, 0) is 35.4 Å². The minimum absolute atomic E-state index is 0.462. The number of benzene rings is 1. The molecule has 0 spiro atoms. The van der Waals surface area contributed by atoms with Crippen LogP contribution in [0.5, 0.6) is 5.75 Å². The summed E-state index contributed by atoms with van der Waals surface area (Å²) in [5, 5.41) is 3.35. The smallest absolute Gasteiger partial charge is 0.159 e. The Kier molecular flexibility index (Phi) is 6.03. The first kappa shape index (κ1) is 22.8. The summed E-state index contributed by atoms with van der Waals surface area (Å²) in [4.78, 5) is 27.1. The SMILES string of the molecule is COC1=CC(c2ccc3c(n2)C(c2nc4c(-c5cccc(OC)c5)cncc4[nH]2)=NCNC3)=CCN=C1. The Morgan fingerprint density at radius 3 is 2.84 bits per heavy atom. The van der Waals surface area contributed by atoms with Gasteiger partial charge in [0.1, 0.15) is 17.2 Å². The van der Waals surface area contributed by atoms with Crippen molar-refractivity contribution in [3.63, 3.8) is 0 Å². The highest BCUT2D eigenvalue weighted by atomic mass is 16.5. The summed E-state index contributed by atoms with van der Waals surface area (Å²) in [5.41, 5.74) is 7.83. The number of fused-ring (bicyclic) bond motifs is 2. The molecule has 9 nitrogen and oxygen atoms in total. The van der Waals surface area contributed by atoms with Crippen molar-refractivity contribution in [2.24, 2.45) is 9.98 Å². The fourth-order valence-corrected chi connectivity index (χ4v) is 4.46. The zero-order valence-electron chi connectivity index (χ0n) is 20.5. The standard InChI is InChI=1S/C28H25N7O2/c1-36-20-5-3-4-17(10-20)22-14-30-15-24-26(22)35-28(34-24)27-25-19(12-31-16-32-27)6-7-23(33-25)18-8-9-29-13-21(11-18)37-2/h3-8,10-11,13-15,31H,9,12,16H2,1-2H3,(H,34,35). The van der Waals surface area contributed by atoms with E-state index in [0.29, 0.717) is 37.1 Å². The van der Waals surface area contributed by atoms with Gasteiger partial charge < -0.3 is 14.5 Å². The van der Waals surface area contributed by atoms with Crippen LogP contribution in [0.15, 0.2) is 76.7 Å². The van der Waals surface area contributed by atoms with E-state index in [-0.39, 0.29) is 0 Å². The van der Waals surface area contributed by atoms with E-state index in [1.807, 2.05) is 48.7 Å². The molecule has 0 saturated carbocycles. The Hall–Kier alpha value is -4.63. The average molecular weight is 492 g/mol. The molecule has 184 valence electrons. The van der Waals surface area contributed by atoms with Gasteiger partial charge in [-0.15, -0.1) is 0 Å². The van der Waals surface area contributed by atoms with Crippen LogP contribution in [-0.2, 0) is 11.3 Å². The van der Waals surface area contributed by atoms with Gasteiger partial charge in [0.25, 0.3) is 0 Å². The van der Waals surface area contributed by atoms with Gasteiger partial charge in [0.2, 0.25) is 0 Å². The minimum Gasteiger partial charge on any atom is -0.497 e. The van der Waals surface area contributed by atoms with Crippen molar-refractivity contribution in [2.45, 2.75) is 6.54 Å². The van der Waals surface area contributed by atoms with Crippen molar-refractivity contribution in [2.75, 3.05) is 27.4 Å². The molecule has 2 aliphatic heterocycles. The van der Waals surface area contributed by atoms with Crippen molar-refractivity contribution in [1.29, 1.82) is 0 Å². The van der Waals surface area contributed by atoms with Crippen LogP contribution in [0.25, 0.3) is 27.7 Å². The first-order valence-electron chi connectivity index (χ1n) is 11.9. The van der Waals surface area contributed by atoms with Crippen LogP contribution >= 0.6 is 0 Å². The minimum atomic E-state index is 0.462. The Bertz CT molecular complexity index is 1610. The number of imidazole rings is 1. The molecule has 4 aromatic rings. The summed E-state index contributed by atoms with van der Waals surface area (Å²) in [7, 11) is 3.30. The number of nitrogens with one attached hydrogen (secondary N) is 2. The van der Waals surface area contributed by atoms with Crippen LogP contribution in [0.2, 0.25) is 0 Å². The lowest BCUT2D eigenvalue weighted by atomic mass is 10.0. The number of hydrogen-bond acceptors (Lipinski definition) is 8. The first-order valence-corrected chi connectivity index (χ1v) is 11.9. The molecule has 0 bridgehead atoms. The van der Waals surface area contributed by atoms with E-state index in [1.165, 1.54) is 0 Å². The quantitative estimate of drug-likeness (QED) is 0.438. The molecule has 0 radical (unpaired) electrons. The molecule has 0 atom stereocenters. The number of ether oxygens (including phenoxy) is 2. The van der Waals surface area contributed by atoms with Crippen molar-refractivity contribution < 1.29 is 9.47 Å². The molecule has 1 aromatic carbocycles. The number of methoxy groups -OCH3 is 2. The summed E-state index contributed by atoms with van der Waals surface area (Å²) in [6.45, 7) is 1.68. The molecule has 2 N–H and O–H groups in total. The van der Waals surface area contributed by atoms with Gasteiger partial charge in [0, 0.05) is 23.9 Å². The highest BCUT2D eigenvalue weighted by Crippen LogP contribution is 2.30. The summed E-state index contributed by atoms with van der Waals surface area (Å²) in [6.07, 6.45) is 9.32. The van der Waals surface area contributed by atoms with Crippen LogP contribution in [0.3, 0.4) is 0 Å². The molecule has 0 amide bonds. The Morgan fingerprint density at radius 1 is 1.00 bits per heavy atom. The van der Waals surface area contributed by atoms with E-state index >= 15 is 0 Å². The van der Waals surface area contributed by atoms with E-state index in [9.17, 15) is 0 Å². The number of allylic oxidation sites excluding steroid dienone is 3. The van der Waals surface area contributed by atoms with Gasteiger partial charge in [0.15, 0.2) is 5.82 Å². The van der Waals surface area contributed by atoms with Crippen LogP contribution < -0.4 is 10.1 Å². The van der Waals surface area contributed by atoms with Crippen molar-refractivity contribution in [3.8, 4) is 16.9 Å². The Balaban J connectivity index is 1.45. The van der Waals surface area contributed by atoms with Crippen molar-refractivity contribution >= 4 is 28.5 Å². The average Bonchev–Trinajstić information content (AvgIpc) is 3.10. The largest absolute Gasteiger partial charge is 0.497 e. The van der Waals surface area contributed by atoms with E-state index in [4.69, 9.17) is 24.4 Å². The zero-order valence-corrected chi connectivity index (χ0v) is 20.5. The van der Waals surface area contributed by atoms with Crippen LogP contribution in [0.4, 0.5) is 0 Å². The molecule has 5 heterocycles. The summed E-state index contributed by atoms with van der Waals surface area (Å²) in [5.74, 6) is 2.11. The van der Waals surface area contributed by atoms with Crippen LogP contribution in [0.1, 0.15) is 22.8 Å². The summed E-state index contributed by atoms with van der Waals surface area (Å²) >= 11 is 0. The molecular weight excluding hydrogens is 466 g/mol. The Labute approximate surface area is 213 Å². The predicted molar refractivity (Wildman–Crippen MR) is 144 cm³/mol. The number of rotatable bonds is 5. The van der Waals surface area contributed by atoms with Gasteiger partial charge in [-0.2, -0.15) is 0 Å². The number of aromatic amines is 1. The Morgan fingerprint density at radius 2 is 1.95 bits per heavy atom. The molecule has 6 rings (SSSR count). The number of pyridine rings is 2. The molecule has 0 unspecified atom stereocenters. The second-order valence-corrected chi connectivity index (χ2v) is 8.60. The normalized spacial score (nSPS) is 15.2. The highest BCUT2D eigenvalue weighted by molar-refractivity contribution is 6.12. The van der Waals surface area contributed by atoms with Gasteiger partial charge in [-0.25, -0.2) is 9.97 Å². The molecule has 3 aromatic heterocycles. The van der Waals surface area contributed by atoms with E-state index in [1.54, 1.807) is 26.6 Å². The van der Waals surface area contributed by atoms with E-state index in [0.717, 1.165) is 50.4 Å². The molecule has 9 heteroatoms. The molecular formula is C28H25N7O2. The number of aliphatic imine (C=N–C) groups is 2. The van der Waals surface area contributed by atoms with Gasteiger partial charge in [-0.3, -0.25) is 20.3 Å². The molecule has 2 aliphatic rings. The molecule has 37 heavy (non-hydrogen) atoms. The third kappa shape index (κ3) is 4.41. The van der Waals surface area contributed by atoms with Crippen molar-refractivity contribution in [1.82, 2.24) is 25.3 Å². The first-order chi connectivity index (χ1) is 18.2. The molecule has 0 saturated heterocycles. The van der Waals surface area contributed by atoms with E-state index < -0.39 is 0 Å². The second-order valence-electron chi connectivity index (χ2n) is 8.60. The molecule has 0 aliphatic carbocycles. The van der Waals surface area contributed by atoms with Crippen LogP contribution in [-0.4, -0.2) is 59.3 Å². The number of hydrogen-bond donors (Lipinski definition) is 2. The third-order valence-electron chi connectivity index (χ3n) is 6.33. The second kappa shape index (κ2) is 9.79. The zero-order chi connectivity index (χ0) is 25.2. The maximum atomic E-state index is 5.42. The fraction of sp³-hybridized carbons (Fsp3) is 0.179. The van der Waals surface area contributed by atoms with Crippen LogP contribution in [0, 0.1) is 0 Å². The van der Waals surface area contributed by atoms with E-state index in [2.05, 4.69) is 26.3 Å². The topological polar surface area (TPSA) is 110 Å². The number of aromatic nitrogens is 4. The maximum Gasteiger partial charge on any atom is 0.159 e. The summed E-state index contributed by atoms with van der Waals surface area (Å²) < 4.78 is 10.8. The lowest BCUT2D eigenvalue weighted by Crippen LogP contribution is -2.12. The number of H-pyrrole nitrogens is 1. The van der Waals surface area contributed by atoms with Gasteiger partial charge >= 0.3 is 0 Å². The lowest BCUT2D eigenvalue weighted by Gasteiger charge is -2.10. The van der Waals surface area contributed by atoms with Gasteiger partial charge in [0.05, 0.1) is 62.3 Å². The predicted octanol–water partition coefficient (Wildman–Crippen LogP) is 3.92. The highest BCUT2D eigenvalue weighted by Gasteiger charge is 2.22. The third-order valence-corrected chi connectivity index (χ3v) is 6.33. The number of nitrogens with zero attached hydrogens (tertiary/aromatic N) is 5. The van der Waals surface area contributed by atoms with Gasteiger partial charge in [-0.1, -0.05) is 24.3 Å². The van der Waals surface area contributed by atoms with Crippen molar-refractivity contribution in [3.05, 3.63) is 89.5 Å².